The lowest BCUT2D eigenvalue weighted by atomic mass is 10.1. The van der Waals surface area contributed by atoms with Crippen LogP contribution >= 0.6 is 0 Å². The van der Waals surface area contributed by atoms with Gasteiger partial charge in [0.1, 0.15) is 18.7 Å². The van der Waals surface area contributed by atoms with Crippen LogP contribution in [0.25, 0.3) is 0 Å². The van der Waals surface area contributed by atoms with E-state index in [4.69, 9.17) is 0 Å². The number of nitrogens with zero attached hydrogens (tertiary/aromatic N) is 3. The van der Waals surface area contributed by atoms with Crippen LogP contribution in [0.1, 0.15) is 34.5 Å². The van der Waals surface area contributed by atoms with Gasteiger partial charge in [0.2, 0.25) is 5.91 Å². The first-order chi connectivity index (χ1) is 13.0. The van der Waals surface area contributed by atoms with Crippen molar-refractivity contribution in [2.75, 3.05) is 5.32 Å². The summed E-state index contributed by atoms with van der Waals surface area (Å²) in [4.78, 5) is 28.4. The molecule has 7 heteroatoms. The second-order valence-electron chi connectivity index (χ2n) is 6.29. The van der Waals surface area contributed by atoms with Crippen molar-refractivity contribution in [3.8, 4) is 0 Å². The molecule has 0 fully saturated rings. The quantitative estimate of drug-likeness (QED) is 0.705. The highest BCUT2D eigenvalue weighted by atomic mass is 16.2. The first-order valence-electron chi connectivity index (χ1n) is 8.62. The highest BCUT2D eigenvalue weighted by molar-refractivity contribution is 6.04. The maximum atomic E-state index is 12.3. The van der Waals surface area contributed by atoms with E-state index < -0.39 is 6.04 Å². The Morgan fingerprint density at radius 1 is 1.15 bits per heavy atom. The maximum Gasteiger partial charge on any atom is 0.255 e. The zero-order valence-corrected chi connectivity index (χ0v) is 15.2. The minimum atomic E-state index is -0.447. The number of nitrogens with one attached hydrogen (secondary N) is 2. The topological polar surface area (TPSA) is 88.9 Å². The minimum absolute atomic E-state index is 0.158. The fraction of sp³-hybridized carbons (Fsp3) is 0.200. The summed E-state index contributed by atoms with van der Waals surface area (Å²) in [6, 6.07) is 14.3. The van der Waals surface area contributed by atoms with E-state index in [1.165, 1.54) is 17.3 Å². The van der Waals surface area contributed by atoms with E-state index in [1.807, 2.05) is 43.3 Å². The van der Waals surface area contributed by atoms with Gasteiger partial charge in [-0.15, -0.1) is 0 Å². The second kappa shape index (κ2) is 8.27. The first kappa shape index (κ1) is 18.3. The van der Waals surface area contributed by atoms with Gasteiger partial charge in [0.05, 0.1) is 0 Å². The van der Waals surface area contributed by atoms with Gasteiger partial charge in [0, 0.05) is 17.8 Å². The predicted octanol–water partition coefficient (Wildman–Crippen LogP) is 2.72. The zero-order chi connectivity index (χ0) is 19.2. The largest absolute Gasteiger partial charge is 0.350 e. The third-order valence-corrected chi connectivity index (χ3v) is 4.18. The number of hydrogen-bond acceptors (Lipinski definition) is 4. The van der Waals surface area contributed by atoms with Crippen LogP contribution in [0, 0.1) is 6.92 Å². The molecule has 1 heterocycles. The SMILES string of the molecule is Cc1ccc(C(=O)Nc2cccc(CNC(=O)C(C)n3cncn3)c2)cc1. The van der Waals surface area contributed by atoms with Gasteiger partial charge >= 0.3 is 0 Å². The smallest absolute Gasteiger partial charge is 0.255 e. The lowest BCUT2D eigenvalue weighted by molar-refractivity contribution is -0.124. The van der Waals surface area contributed by atoms with Crippen LogP contribution < -0.4 is 10.6 Å². The van der Waals surface area contributed by atoms with Crippen LogP contribution in [0.2, 0.25) is 0 Å². The highest BCUT2D eigenvalue weighted by Crippen LogP contribution is 2.13. The average Bonchev–Trinajstić information content (AvgIpc) is 3.21. The Kier molecular flexibility index (Phi) is 5.61. The fourth-order valence-corrected chi connectivity index (χ4v) is 2.54. The summed E-state index contributed by atoms with van der Waals surface area (Å²) in [5.74, 6) is -0.328. The van der Waals surface area contributed by atoms with Crippen molar-refractivity contribution >= 4 is 17.5 Å². The average molecular weight is 363 g/mol. The van der Waals surface area contributed by atoms with Gasteiger partial charge in [-0.3, -0.25) is 9.59 Å². The van der Waals surface area contributed by atoms with Gasteiger partial charge in [0.15, 0.2) is 0 Å². The van der Waals surface area contributed by atoms with Gasteiger partial charge < -0.3 is 10.6 Å². The molecule has 1 unspecified atom stereocenters. The molecule has 138 valence electrons. The van der Waals surface area contributed by atoms with E-state index >= 15 is 0 Å². The normalized spacial score (nSPS) is 11.6. The highest BCUT2D eigenvalue weighted by Gasteiger charge is 2.15. The molecule has 2 N–H and O–H groups in total. The molecule has 0 aliphatic rings. The summed E-state index contributed by atoms with van der Waals surface area (Å²) in [7, 11) is 0. The molecular formula is C20H21N5O2. The van der Waals surface area contributed by atoms with Crippen LogP contribution in [0.4, 0.5) is 5.69 Å². The Morgan fingerprint density at radius 3 is 2.63 bits per heavy atom. The molecule has 1 aromatic heterocycles. The van der Waals surface area contributed by atoms with Gasteiger partial charge in [-0.1, -0.05) is 29.8 Å². The number of hydrogen-bond donors (Lipinski definition) is 2. The Bertz CT molecular complexity index is 920. The zero-order valence-electron chi connectivity index (χ0n) is 15.2. The van der Waals surface area contributed by atoms with Crippen LogP contribution in [-0.4, -0.2) is 26.6 Å². The molecule has 0 aliphatic heterocycles. The number of carbonyl (C=O) groups excluding carboxylic acids is 2. The molecule has 27 heavy (non-hydrogen) atoms. The van der Waals surface area contributed by atoms with Crippen LogP contribution in [0.5, 0.6) is 0 Å². The van der Waals surface area contributed by atoms with E-state index in [9.17, 15) is 9.59 Å². The molecule has 0 saturated heterocycles. The van der Waals surface area contributed by atoms with Crippen molar-refractivity contribution in [3.05, 3.63) is 77.9 Å². The van der Waals surface area contributed by atoms with E-state index in [0.29, 0.717) is 17.8 Å². The monoisotopic (exact) mass is 363 g/mol. The molecule has 2 amide bonds. The van der Waals surface area contributed by atoms with E-state index in [2.05, 4.69) is 20.7 Å². The number of aryl methyl sites for hydroxylation is 1. The number of benzene rings is 2. The van der Waals surface area contributed by atoms with Crippen molar-refractivity contribution in [1.82, 2.24) is 20.1 Å². The van der Waals surface area contributed by atoms with Crippen molar-refractivity contribution in [1.29, 1.82) is 0 Å². The van der Waals surface area contributed by atoms with E-state index in [1.54, 1.807) is 19.1 Å². The van der Waals surface area contributed by atoms with Gasteiger partial charge in [-0.25, -0.2) is 9.67 Å². The number of aromatic nitrogens is 3. The standard InChI is InChI=1S/C20H21N5O2/c1-14-6-8-17(9-7-14)20(27)24-18-5-3-4-16(10-18)11-22-19(26)15(2)25-13-21-12-23-25/h3-10,12-13,15H,11H2,1-2H3,(H,22,26)(H,24,27). The second-order valence-corrected chi connectivity index (χ2v) is 6.29. The molecular weight excluding hydrogens is 342 g/mol. The molecule has 0 radical (unpaired) electrons. The van der Waals surface area contributed by atoms with Gasteiger partial charge in [-0.05, 0) is 43.7 Å². The predicted molar refractivity (Wildman–Crippen MR) is 102 cm³/mol. The van der Waals surface area contributed by atoms with Crippen LogP contribution in [-0.2, 0) is 11.3 Å². The molecule has 3 aromatic rings. The molecule has 7 nitrogen and oxygen atoms in total. The molecule has 0 saturated carbocycles. The van der Waals surface area contributed by atoms with Crippen molar-refractivity contribution in [3.63, 3.8) is 0 Å². The number of amides is 2. The summed E-state index contributed by atoms with van der Waals surface area (Å²) in [6.07, 6.45) is 2.90. The summed E-state index contributed by atoms with van der Waals surface area (Å²) >= 11 is 0. The molecule has 0 bridgehead atoms. The lowest BCUT2D eigenvalue weighted by Gasteiger charge is -2.13. The summed E-state index contributed by atoms with van der Waals surface area (Å²) < 4.78 is 1.49. The van der Waals surface area contributed by atoms with Crippen molar-refractivity contribution in [2.24, 2.45) is 0 Å². The number of carbonyl (C=O) groups is 2. The molecule has 3 rings (SSSR count). The van der Waals surface area contributed by atoms with E-state index in [-0.39, 0.29) is 11.8 Å². The lowest BCUT2D eigenvalue weighted by Crippen LogP contribution is -2.30. The summed E-state index contributed by atoms with van der Waals surface area (Å²) in [6.45, 7) is 4.08. The number of rotatable bonds is 6. The first-order valence-corrected chi connectivity index (χ1v) is 8.62. The van der Waals surface area contributed by atoms with Crippen molar-refractivity contribution < 1.29 is 9.59 Å². The van der Waals surface area contributed by atoms with Gasteiger partial charge in [-0.2, -0.15) is 5.10 Å². The van der Waals surface area contributed by atoms with Crippen molar-refractivity contribution in [2.45, 2.75) is 26.4 Å². The summed E-state index contributed by atoms with van der Waals surface area (Å²) in [5.41, 5.74) is 3.26. The third-order valence-electron chi connectivity index (χ3n) is 4.18. The Hall–Kier alpha value is -3.48. The molecule has 0 spiro atoms. The Morgan fingerprint density at radius 2 is 1.93 bits per heavy atom. The Labute approximate surface area is 157 Å². The third kappa shape index (κ3) is 4.78. The molecule has 2 aromatic carbocycles. The number of anilines is 1. The van der Waals surface area contributed by atoms with E-state index in [0.717, 1.165) is 11.1 Å². The molecule has 0 aliphatic carbocycles. The van der Waals surface area contributed by atoms with Crippen LogP contribution in [0.15, 0.2) is 61.2 Å². The maximum absolute atomic E-state index is 12.3. The summed E-state index contributed by atoms with van der Waals surface area (Å²) in [5, 5.41) is 9.71. The fourth-order valence-electron chi connectivity index (χ4n) is 2.54. The van der Waals surface area contributed by atoms with Crippen LogP contribution in [0.3, 0.4) is 0 Å². The van der Waals surface area contributed by atoms with Gasteiger partial charge in [0.25, 0.3) is 5.91 Å². The Balaban J connectivity index is 1.59. The minimum Gasteiger partial charge on any atom is -0.350 e. The molecule has 1 atom stereocenters.